The lowest BCUT2D eigenvalue weighted by atomic mass is 10.3. The second-order valence-corrected chi connectivity index (χ2v) is 5.39. The van der Waals surface area contributed by atoms with Crippen molar-refractivity contribution < 1.29 is 13.5 Å². The fourth-order valence-electron chi connectivity index (χ4n) is 1.98. The van der Waals surface area contributed by atoms with Crippen LogP contribution >= 0.6 is 11.5 Å². The van der Waals surface area contributed by atoms with E-state index in [0.29, 0.717) is 18.2 Å². The van der Waals surface area contributed by atoms with Gasteiger partial charge in [-0.15, -0.1) is 0 Å². The van der Waals surface area contributed by atoms with E-state index in [1.54, 1.807) is 25.1 Å². The molecule has 22 heavy (non-hydrogen) atoms. The third-order valence-corrected chi connectivity index (χ3v) is 3.76. The van der Waals surface area contributed by atoms with E-state index in [1.807, 2.05) is 0 Å². The zero-order valence-electron chi connectivity index (χ0n) is 11.8. The molecule has 0 radical (unpaired) electrons. The molecule has 7 nitrogen and oxygen atoms in total. The molecule has 0 aliphatic rings. The van der Waals surface area contributed by atoms with Crippen molar-refractivity contribution >= 4 is 23.1 Å². The minimum atomic E-state index is -2.67. The van der Waals surface area contributed by atoms with Gasteiger partial charge in [0.2, 0.25) is 5.88 Å². The predicted molar refractivity (Wildman–Crippen MR) is 76.5 cm³/mol. The third kappa shape index (κ3) is 2.69. The molecule has 0 atom stereocenters. The molecule has 3 heterocycles. The first-order valence-corrected chi connectivity index (χ1v) is 7.05. The Balaban J connectivity index is 1.95. The van der Waals surface area contributed by atoms with E-state index in [-0.39, 0.29) is 11.5 Å². The maximum atomic E-state index is 13.0. The molecule has 0 saturated heterocycles. The van der Waals surface area contributed by atoms with Gasteiger partial charge in [0.15, 0.2) is 0 Å². The van der Waals surface area contributed by atoms with Crippen LogP contribution in [0.3, 0.4) is 0 Å². The molecule has 0 spiro atoms. The molecule has 3 rings (SSSR count). The fourth-order valence-corrected chi connectivity index (χ4v) is 2.72. The Morgan fingerprint density at radius 3 is 2.91 bits per heavy atom. The van der Waals surface area contributed by atoms with Crippen LogP contribution in [0.4, 0.5) is 14.6 Å². The first-order valence-electron chi connectivity index (χ1n) is 6.28. The van der Waals surface area contributed by atoms with E-state index >= 15 is 0 Å². The highest BCUT2D eigenvalue weighted by atomic mass is 32.1. The molecule has 0 aromatic carbocycles. The van der Waals surface area contributed by atoms with Gasteiger partial charge in [-0.25, -0.2) is 13.8 Å². The van der Waals surface area contributed by atoms with Crippen molar-refractivity contribution in [1.29, 1.82) is 0 Å². The first kappa shape index (κ1) is 14.6. The highest BCUT2D eigenvalue weighted by molar-refractivity contribution is 7.05. The summed E-state index contributed by atoms with van der Waals surface area (Å²) >= 11 is 1.29. The average Bonchev–Trinajstić information content (AvgIpc) is 3.14. The molecule has 0 unspecified atom stereocenters. The van der Waals surface area contributed by atoms with Crippen molar-refractivity contribution in [1.82, 2.24) is 24.0 Å². The number of alkyl halides is 2. The zero-order valence-corrected chi connectivity index (χ0v) is 12.6. The van der Waals surface area contributed by atoms with E-state index in [9.17, 15) is 8.78 Å². The fraction of sp³-hybridized carbons (Fsp3) is 0.333. The Morgan fingerprint density at radius 1 is 1.41 bits per heavy atom. The first-order chi connectivity index (χ1) is 10.6. The van der Waals surface area contributed by atoms with Gasteiger partial charge in [-0.05, 0) is 11.5 Å². The van der Waals surface area contributed by atoms with Gasteiger partial charge in [0.05, 0.1) is 13.7 Å². The Bertz CT molecular complexity index is 789. The number of hydrogen-bond donors (Lipinski definition) is 0. The second kappa shape index (κ2) is 5.79. The molecule has 0 aliphatic heterocycles. The summed E-state index contributed by atoms with van der Waals surface area (Å²) in [4.78, 5) is 10.4. The molecular weight excluding hydrogens is 314 g/mol. The highest BCUT2D eigenvalue weighted by Crippen LogP contribution is 2.25. The maximum absolute atomic E-state index is 13.0. The molecule has 0 bridgehead atoms. The Labute approximate surface area is 128 Å². The van der Waals surface area contributed by atoms with E-state index in [0.717, 1.165) is 4.88 Å². The van der Waals surface area contributed by atoms with Crippen molar-refractivity contribution in [3.63, 3.8) is 0 Å². The van der Waals surface area contributed by atoms with Gasteiger partial charge in [-0.1, -0.05) is 0 Å². The van der Waals surface area contributed by atoms with Gasteiger partial charge in [-0.3, -0.25) is 0 Å². The van der Waals surface area contributed by atoms with Crippen LogP contribution in [-0.4, -0.2) is 38.1 Å². The van der Waals surface area contributed by atoms with Crippen LogP contribution in [0, 0.1) is 0 Å². The Kier molecular flexibility index (Phi) is 3.84. The molecule has 0 saturated carbocycles. The summed E-state index contributed by atoms with van der Waals surface area (Å²) in [5.41, 5.74) is -0.329. The molecule has 3 aromatic rings. The number of rotatable bonds is 5. The average molecular weight is 326 g/mol. The van der Waals surface area contributed by atoms with Crippen LogP contribution in [0.25, 0.3) is 5.78 Å². The van der Waals surface area contributed by atoms with Crippen molar-refractivity contribution in [2.75, 3.05) is 19.1 Å². The lowest BCUT2D eigenvalue weighted by Gasteiger charge is -2.19. The number of anilines is 1. The van der Waals surface area contributed by atoms with E-state index in [2.05, 4.69) is 19.4 Å². The molecule has 10 heteroatoms. The third-order valence-electron chi connectivity index (χ3n) is 3.01. The van der Waals surface area contributed by atoms with E-state index in [1.165, 1.54) is 28.4 Å². The van der Waals surface area contributed by atoms with Crippen molar-refractivity contribution in [3.05, 3.63) is 29.0 Å². The van der Waals surface area contributed by atoms with Crippen LogP contribution in [-0.2, 0) is 6.54 Å². The summed E-state index contributed by atoms with van der Waals surface area (Å²) in [6.45, 7) is 0.475. The molecule has 0 aliphatic carbocycles. The minimum Gasteiger partial charge on any atom is -0.480 e. The molecule has 3 aromatic heterocycles. The summed E-state index contributed by atoms with van der Waals surface area (Å²) in [5.74, 6) is 1.15. The van der Waals surface area contributed by atoms with Crippen molar-refractivity contribution in [3.8, 4) is 5.88 Å². The second-order valence-electron chi connectivity index (χ2n) is 4.50. The Hall–Kier alpha value is -2.36. The number of halogens is 2. The van der Waals surface area contributed by atoms with Gasteiger partial charge in [0.1, 0.15) is 17.8 Å². The predicted octanol–water partition coefficient (Wildman–Crippen LogP) is 2.16. The van der Waals surface area contributed by atoms with Crippen molar-refractivity contribution in [2.45, 2.75) is 13.0 Å². The quantitative estimate of drug-likeness (QED) is 0.716. The standard InChI is InChI=1S/C12H12F2N6OS/c1-19(5-7-3-9(21-2)18-22-7)10-4-8(11(13)14)17-12-15-6-16-20(10)12/h3-4,6,11H,5H2,1-2H3. The van der Waals surface area contributed by atoms with Gasteiger partial charge in [0.25, 0.3) is 12.2 Å². The number of hydrogen-bond acceptors (Lipinski definition) is 7. The maximum Gasteiger partial charge on any atom is 0.280 e. The van der Waals surface area contributed by atoms with E-state index in [4.69, 9.17) is 4.74 Å². The number of ether oxygens (including phenoxy) is 1. The topological polar surface area (TPSA) is 68.4 Å². The van der Waals surface area contributed by atoms with Gasteiger partial charge in [0, 0.05) is 24.1 Å². The Morgan fingerprint density at radius 2 is 2.23 bits per heavy atom. The van der Waals surface area contributed by atoms with Gasteiger partial charge < -0.3 is 9.64 Å². The van der Waals surface area contributed by atoms with Crippen LogP contribution in [0.1, 0.15) is 17.0 Å². The smallest absolute Gasteiger partial charge is 0.280 e. The van der Waals surface area contributed by atoms with Crippen LogP contribution in [0.15, 0.2) is 18.5 Å². The number of nitrogens with zero attached hydrogens (tertiary/aromatic N) is 6. The van der Waals surface area contributed by atoms with Crippen LogP contribution < -0.4 is 9.64 Å². The van der Waals surface area contributed by atoms with Crippen molar-refractivity contribution in [2.24, 2.45) is 0 Å². The molecule has 0 amide bonds. The summed E-state index contributed by atoms with van der Waals surface area (Å²) in [6, 6.07) is 3.11. The number of methoxy groups -OCH3 is 1. The number of aromatic nitrogens is 5. The molecule has 0 fully saturated rings. The lowest BCUT2D eigenvalue weighted by Crippen LogP contribution is -2.20. The minimum absolute atomic E-state index is 0.140. The van der Waals surface area contributed by atoms with Crippen LogP contribution in [0.5, 0.6) is 5.88 Å². The lowest BCUT2D eigenvalue weighted by molar-refractivity contribution is 0.146. The summed E-state index contributed by atoms with van der Waals surface area (Å²) in [5, 5.41) is 4.02. The molecule has 116 valence electrons. The normalized spacial score (nSPS) is 11.3. The van der Waals surface area contributed by atoms with E-state index < -0.39 is 6.43 Å². The zero-order chi connectivity index (χ0) is 15.7. The van der Waals surface area contributed by atoms with Crippen LogP contribution in [0.2, 0.25) is 0 Å². The highest BCUT2D eigenvalue weighted by Gasteiger charge is 2.17. The van der Waals surface area contributed by atoms with Gasteiger partial charge in [-0.2, -0.15) is 19.0 Å². The monoisotopic (exact) mass is 326 g/mol. The SMILES string of the molecule is COc1cc(CN(C)c2cc(C(F)F)nc3ncnn23)sn1. The molecular formula is C12H12F2N6OS. The van der Waals surface area contributed by atoms with Gasteiger partial charge >= 0.3 is 0 Å². The summed E-state index contributed by atoms with van der Waals surface area (Å²) < 4.78 is 36.5. The number of fused-ring (bicyclic) bond motifs is 1. The molecule has 0 N–H and O–H groups in total. The largest absolute Gasteiger partial charge is 0.480 e. The summed E-state index contributed by atoms with van der Waals surface area (Å²) in [6.07, 6.45) is -1.39. The summed E-state index contributed by atoms with van der Waals surface area (Å²) in [7, 11) is 3.32.